The molecular weight excluding hydrogens is 434 g/mol. The van der Waals surface area contributed by atoms with E-state index in [0.717, 1.165) is 16.8 Å². The van der Waals surface area contributed by atoms with Crippen LogP contribution in [-0.4, -0.2) is 27.4 Å². The normalized spacial score (nSPS) is 18.2. The van der Waals surface area contributed by atoms with Crippen LogP contribution >= 0.6 is 11.6 Å². The minimum Gasteiger partial charge on any atom is -0.377 e. The number of halogens is 3. The molecule has 1 saturated heterocycles. The van der Waals surface area contributed by atoms with Gasteiger partial charge in [0.25, 0.3) is 11.2 Å². The number of hydrogen-bond acceptors (Lipinski definition) is 6. The van der Waals surface area contributed by atoms with Crippen LogP contribution in [0, 0.1) is 21.7 Å². The maximum absolute atomic E-state index is 13.6. The second-order valence-electron chi connectivity index (χ2n) is 6.87. The number of aromatic nitrogens is 2. The SMILES string of the molecule is O=c1c(Cl)c(NC2CCOC2c2ccc(F)c(F)c2)cnn1-c1ccc([N+](=O)[O-])cc1. The number of nitro groups is 1. The van der Waals surface area contributed by atoms with Gasteiger partial charge in [-0.15, -0.1) is 0 Å². The van der Waals surface area contributed by atoms with E-state index in [9.17, 15) is 23.7 Å². The molecule has 31 heavy (non-hydrogen) atoms. The van der Waals surface area contributed by atoms with E-state index in [2.05, 4.69) is 10.4 Å². The van der Waals surface area contributed by atoms with Gasteiger partial charge in [-0.2, -0.15) is 9.78 Å². The third kappa shape index (κ3) is 4.12. The Kier molecular flexibility index (Phi) is 5.66. The van der Waals surface area contributed by atoms with Crippen LogP contribution in [0.1, 0.15) is 18.1 Å². The van der Waals surface area contributed by atoms with E-state index >= 15 is 0 Å². The number of nitrogens with one attached hydrogen (secondary N) is 1. The first-order valence-electron chi connectivity index (χ1n) is 9.21. The first-order chi connectivity index (χ1) is 14.8. The molecule has 1 aromatic heterocycles. The molecule has 1 aliphatic heterocycles. The van der Waals surface area contributed by atoms with Crippen molar-refractivity contribution in [3.05, 3.63) is 91.4 Å². The molecule has 0 aliphatic carbocycles. The summed E-state index contributed by atoms with van der Waals surface area (Å²) in [5, 5.41) is 17.8. The summed E-state index contributed by atoms with van der Waals surface area (Å²) in [4.78, 5) is 22.9. The molecule has 160 valence electrons. The molecule has 2 aromatic carbocycles. The van der Waals surface area contributed by atoms with Crippen molar-refractivity contribution in [1.82, 2.24) is 9.78 Å². The lowest BCUT2D eigenvalue weighted by Gasteiger charge is -2.22. The van der Waals surface area contributed by atoms with Gasteiger partial charge in [0.05, 0.1) is 28.5 Å². The molecule has 3 aromatic rings. The van der Waals surface area contributed by atoms with Crippen LogP contribution in [0.4, 0.5) is 20.2 Å². The number of hydrogen-bond donors (Lipinski definition) is 1. The lowest BCUT2D eigenvalue weighted by molar-refractivity contribution is -0.384. The minimum absolute atomic E-state index is 0.120. The third-order valence-corrected chi connectivity index (χ3v) is 5.29. The highest BCUT2D eigenvalue weighted by atomic mass is 35.5. The molecule has 1 aliphatic rings. The summed E-state index contributed by atoms with van der Waals surface area (Å²) in [6.45, 7) is 0.381. The van der Waals surface area contributed by atoms with Gasteiger partial charge in [0.1, 0.15) is 11.1 Å². The maximum atomic E-state index is 13.6. The number of rotatable bonds is 5. The highest BCUT2D eigenvalue weighted by Gasteiger charge is 2.31. The predicted molar refractivity (Wildman–Crippen MR) is 109 cm³/mol. The van der Waals surface area contributed by atoms with E-state index in [1.807, 2.05) is 0 Å². The smallest absolute Gasteiger partial charge is 0.292 e. The second kappa shape index (κ2) is 8.40. The monoisotopic (exact) mass is 448 g/mol. The van der Waals surface area contributed by atoms with Crippen molar-refractivity contribution in [3.63, 3.8) is 0 Å². The molecular formula is C20H15ClF2N4O4. The average molecular weight is 449 g/mol. The zero-order valence-electron chi connectivity index (χ0n) is 15.8. The summed E-state index contributed by atoms with van der Waals surface area (Å²) in [7, 11) is 0. The topological polar surface area (TPSA) is 99.3 Å². The molecule has 0 amide bonds. The van der Waals surface area contributed by atoms with Gasteiger partial charge in [-0.1, -0.05) is 17.7 Å². The van der Waals surface area contributed by atoms with Crippen LogP contribution in [0.5, 0.6) is 0 Å². The van der Waals surface area contributed by atoms with Crippen LogP contribution in [-0.2, 0) is 4.74 Å². The van der Waals surface area contributed by atoms with Gasteiger partial charge in [0, 0.05) is 18.7 Å². The van der Waals surface area contributed by atoms with E-state index in [-0.39, 0.29) is 22.4 Å². The Morgan fingerprint density at radius 1 is 1.19 bits per heavy atom. The molecule has 0 saturated carbocycles. The summed E-state index contributed by atoms with van der Waals surface area (Å²) in [5.74, 6) is -1.93. The van der Waals surface area contributed by atoms with Gasteiger partial charge in [-0.3, -0.25) is 14.9 Å². The lowest BCUT2D eigenvalue weighted by Crippen LogP contribution is -2.27. The first-order valence-corrected chi connectivity index (χ1v) is 9.58. The molecule has 4 rings (SSSR count). The maximum Gasteiger partial charge on any atom is 0.292 e. The van der Waals surface area contributed by atoms with Crippen molar-refractivity contribution in [2.75, 3.05) is 11.9 Å². The fourth-order valence-electron chi connectivity index (χ4n) is 3.39. The average Bonchev–Trinajstić information content (AvgIpc) is 3.22. The summed E-state index contributed by atoms with van der Waals surface area (Å²) in [6.07, 6.45) is 1.33. The fraction of sp³-hybridized carbons (Fsp3) is 0.200. The van der Waals surface area contributed by atoms with Crippen LogP contribution in [0.3, 0.4) is 0 Å². The van der Waals surface area contributed by atoms with Gasteiger partial charge >= 0.3 is 0 Å². The van der Waals surface area contributed by atoms with Gasteiger partial charge in [0.15, 0.2) is 11.6 Å². The predicted octanol–water partition coefficient (Wildman–Crippen LogP) is 4.01. The number of benzene rings is 2. The summed E-state index contributed by atoms with van der Waals surface area (Å²) in [5.41, 5.74) is 0.285. The lowest BCUT2D eigenvalue weighted by atomic mass is 10.0. The molecule has 1 fully saturated rings. The van der Waals surface area contributed by atoms with Crippen LogP contribution < -0.4 is 10.9 Å². The number of ether oxygens (including phenoxy) is 1. The standard InChI is InChI=1S/C20H15ClF2N4O4/c21-18-17(10-24-26(20(18)28)12-2-4-13(5-3-12)27(29)30)25-16-7-8-31-19(16)11-1-6-14(22)15(23)9-11/h1-6,9-10,16,19,25H,7-8H2. The highest BCUT2D eigenvalue weighted by molar-refractivity contribution is 6.33. The Labute approximate surface area is 179 Å². The van der Waals surface area contributed by atoms with Crippen LogP contribution in [0.2, 0.25) is 5.02 Å². The van der Waals surface area contributed by atoms with Gasteiger partial charge in [0.2, 0.25) is 0 Å². The molecule has 0 radical (unpaired) electrons. The zero-order chi connectivity index (χ0) is 22.1. The van der Waals surface area contributed by atoms with Crippen molar-refractivity contribution in [3.8, 4) is 5.69 Å². The van der Waals surface area contributed by atoms with Gasteiger partial charge in [-0.05, 0) is 36.2 Å². The number of non-ortho nitro benzene ring substituents is 1. The Balaban J connectivity index is 1.59. The van der Waals surface area contributed by atoms with E-state index < -0.39 is 28.2 Å². The molecule has 0 spiro atoms. The molecule has 2 unspecified atom stereocenters. The number of anilines is 1. The molecule has 11 heteroatoms. The first kappa shape index (κ1) is 20.9. The second-order valence-corrected chi connectivity index (χ2v) is 7.25. The van der Waals surface area contributed by atoms with Crippen LogP contribution in [0.25, 0.3) is 5.69 Å². The largest absolute Gasteiger partial charge is 0.377 e. The number of nitro benzene ring substituents is 1. The van der Waals surface area contributed by atoms with Crippen molar-refractivity contribution >= 4 is 23.0 Å². The Hall–Kier alpha value is -3.37. The van der Waals surface area contributed by atoms with Crippen molar-refractivity contribution in [2.45, 2.75) is 18.6 Å². The van der Waals surface area contributed by atoms with Gasteiger partial charge < -0.3 is 10.1 Å². The molecule has 2 heterocycles. The fourth-order valence-corrected chi connectivity index (χ4v) is 3.57. The van der Waals surface area contributed by atoms with E-state index in [0.29, 0.717) is 24.3 Å². The van der Waals surface area contributed by atoms with E-state index in [1.165, 1.54) is 36.5 Å². The van der Waals surface area contributed by atoms with E-state index in [1.54, 1.807) is 0 Å². The summed E-state index contributed by atoms with van der Waals surface area (Å²) < 4.78 is 33.5. The highest BCUT2D eigenvalue weighted by Crippen LogP contribution is 2.33. The molecule has 1 N–H and O–H groups in total. The molecule has 8 nitrogen and oxygen atoms in total. The molecule has 0 bridgehead atoms. The van der Waals surface area contributed by atoms with Crippen molar-refractivity contribution in [2.24, 2.45) is 0 Å². The Morgan fingerprint density at radius 3 is 2.61 bits per heavy atom. The van der Waals surface area contributed by atoms with E-state index in [4.69, 9.17) is 16.3 Å². The quantitative estimate of drug-likeness (QED) is 0.467. The summed E-state index contributed by atoms with van der Waals surface area (Å²) >= 11 is 6.25. The van der Waals surface area contributed by atoms with Gasteiger partial charge in [-0.25, -0.2) is 8.78 Å². The minimum atomic E-state index is -0.975. The van der Waals surface area contributed by atoms with Crippen LogP contribution in [0.15, 0.2) is 53.5 Å². The summed E-state index contributed by atoms with van der Waals surface area (Å²) in [6, 6.07) is 8.49. The Bertz CT molecular complexity index is 1200. The van der Waals surface area contributed by atoms with Crippen molar-refractivity contribution in [1.29, 1.82) is 0 Å². The molecule has 2 atom stereocenters. The third-order valence-electron chi connectivity index (χ3n) is 4.93. The zero-order valence-corrected chi connectivity index (χ0v) is 16.6. The van der Waals surface area contributed by atoms with Crippen molar-refractivity contribution < 1.29 is 18.4 Å². The number of nitrogens with zero attached hydrogens (tertiary/aromatic N) is 3. The Morgan fingerprint density at radius 2 is 1.94 bits per heavy atom.